The van der Waals surface area contributed by atoms with Crippen molar-refractivity contribution in [1.82, 2.24) is 29.7 Å². The predicted molar refractivity (Wildman–Crippen MR) is 67.4 cm³/mol. The molecule has 2 heterocycles. The van der Waals surface area contributed by atoms with Gasteiger partial charge in [-0.05, 0) is 13.8 Å². The first-order chi connectivity index (χ1) is 8.63. The second-order valence-corrected chi connectivity index (χ2v) is 4.53. The third kappa shape index (κ3) is 2.41. The highest BCUT2D eigenvalue weighted by Gasteiger charge is 2.18. The zero-order valence-corrected chi connectivity index (χ0v) is 10.9. The van der Waals surface area contributed by atoms with Crippen molar-refractivity contribution < 1.29 is 0 Å². The average Bonchev–Trinajstić information content (AvgIpc) is 2.94. The topological polar surface area (TPSA) is 86.6 Å². The molecule has 0 amide bonds. The molecule has 7 heteroatoms. The van der Waals surface area contributed by atoms with E-state index in [2.05, 4.69) is 34.3 Å². The summed E-state index contributed by atoms with van der Waals surface area (Å²) in [5.74, 6) is 7.40. The van der Waals surface area contributed by atoms with Gasteiger partial charge in [0, 0.05) is 31.9 Å². The second-order valence-electron chi connectivity index (χ2n) is 4.53. The standard InChI is InChI=1S/C11H19N7/c1-8(2)18-10(14-7-15-18)6-9(16-12)11-13-4-5-17(11)3/h4-5,7-9,16H,6,12H2,1-3H3. The van der Waals surface area contributed by atoms with Crippen LogP contribution in [0.4, 0.5) is 0 Å². The van der Waals surface area contributed by atoms with Gasteiger partial charge in [0.15, 0.2) is 0 Å². The molecule has 0 saturated heterocycles. The summed E-state index contributed by atoms with van der Waals surface area (Å²) in [6, 6.07) is 0.203. The largest absolute Gasteiger partial charge is 0.337 e. The maximum absolute atomic E-state index is 5.61. The van der Waals surface area contributed by atoms with Crippen LogP contribution in [0, 0.1) is 0 Å². The molecule has 18 heavy (non-hydrogen) atoms. The highest BCUT2D eigenvalue weighted by Crippen LogP contribution is 2.16. The number of hydrogen-bond donors (Lipinski definition) is 2. The van der Waals surface area contributed by atoms with Gasteiger partial charge in [0.2, 0.25) is 0 Å². The van der Waals surface area contributed by atoms with Crippen LogP contribution in [-0.4, -0.2) is 24.3 Å². The average molecular weight is 249 g/mol. The van der Waals surface area contributed by atoms with Gasteiger partial charge < -0.3 is 4.57 Å². The first-order valence-electron chi connectivity index (χ1n) is 5.95. The highest BCUT2D eigenvalue weighted by molar-refractivity contribution is 5.03. The van der Waals surface area contributed by atoms with Crippen LogP contribution in [0.2, 0.25) is 0 Å². The number of imidazole rings is 1. The molecule has 0 radical (unpaired) electrons. The Morgan fingerprint density at radius 3 is 2.72 bits per heavy atom. The predicted octanol–water partition coefficient (Wildman–Crippen LogP) is 0.340. The quantitative estimate of drug-likeness (QED) is 0.589. The van der Waals surface area contributed by atoms with Crippen LogP contribution in [0.1, 0.15) is 37.6 Å². The van der Waals surface area contributed by atoms with E-state index in [1.165, 1.54) is 0 Å². The molecule has 0 spiro atoms. The van der Waals surface area contributed by atoms with Crippen LogP contribution in [-0.2, 0) is 13.5 Å². The third-order valence-corrected chi connectivity index (χ3v) is 2.89. The molecular formula is C11H19N7. The van der Waals surface area contributed by atoms with Crippen molar-refractivity contribution >= 4 is 0 Å². The van der Waals surface area contributed by atoms with Crippen molar-refractivity contribution in [3.05, 3.63) is 30.4 Å². The lowest BCUT2D eigenvalue weighted by Crippen LogP contribution is -2.32. The molecule has 0 aliphatic rings. The zero-order valence-electron chi connectivity index (χ0n) is 10.9. The molecule has 0 fully saturated rings. The Hall–Kier alpha value is -1.73. The molecule has 0 aromatic carbocycles. The van der Waals surface area contributed by atoms with Gasteiger partial charge in [0.1, 0.15) is 18.0 Å². The van der Waals surface area contributed by atoms with Crippen LogP contribution >= 0.6 is 0 Å². The van der Waals surface area contributed by atoms with Crippen LogP contribution in [0.15, 0.2) is 18.7 Å². The van der Waals surface area contributed by atoms with Crippen LogP contribution < -0.4 is 11.3 Å². The van der Waals surface area contributed by atoms with E-state index in [4.69, 9.17) is 5.84 Å². The minimum absolute atomic E-state index is 0.0771. The number of hydrazine groups is 1. The normalized spacial score (nSPS) is 13.2. The fourth-order valence-corrected chi connectivity index (χ4v) is 1.97. The molecule has 0 bridgehead atoms. The number of nitrogens with two attached hydrogens (primary N) is 1. The SMILES string of the molecule is CC(C)n1ncnc1CC(NN)c1nccn1C. The first kappa shape index (κ1) is 12.7. The Morgan fingerprint density at radius 1 is 1.39 bits per heavy atom. The lowest BCUT2D eigenvalue weighted by atomic mass is 10.2. The van der Waals surface area contributed by atoms with Gasteiger partial charge in [-0.25, -0.2) is 20.1 Å². The minimum Gasteiger partial charge on any atom is -0.337 e. The monoisotopic (exact) mass is 249 g/mol. The van der Waals surface area contributed by atoms with E-state index >= 15 is 0 Å². The van der Waals surface area contributed by atoms with Crippen molar-refractivity contribution in [1.29, 1.82) is 0 Å². The fourth-order valence-electron chi connectivity index (χ4n) is 1.97. The lowest BCUT2D eigenvalue weighted by molar-refractivity contribution is 0.452. The van der Waals surface area contributed by atoms with Gasteiger partial charge in [0.05, 0.1) is 6.04 Å². The first-order valence-corrected chi connectivity index (χ1v) is 5.95. The van der Waals surface area contributed by atoms with Gasteiger partial charge in [-0.3, -0.25) is 5.84 Å². The molecule has 0 saturated carbocycles. The van der Waals surface area contributed by atoms with Gasteiger partial charge >= 0.3 is 0 Å². The Bertz CT molecular complexity index is 499. The number of aryl methyl sites for hydroxylation is 1. The molecule has 2 rings (SSSR count). The molecule has 98 valence electrons. The smallest absolute Gasteiger partial charge is 0.138 e. The van der Waals surface area contributed by atoms with E-state index in [0.29, 0.717) is 6.42 Å². The Morgan fingerprint density at radius 2 is 2.17 bits per heavy atom. The Labute approximate surface area is 106 Å². The zero-order chi connectivity index (χ0) is 13.1. The summed E-state index contributed by atoms with van der Waals surface area (Å²) in [5.41, 5.74) is 2.79. The summed E-state index contributed by atoms with van der Waals surface area (Å²) in [4.78, 5) is 8.59. The highest BCUT2D eigenvalue weighted by atomic mass is 15.4. The molecule has 7 nitrogen and oxygen atoms in total. The number of nitrogens with zero attached hydrogens (tertiary/aromatic N) is 5. The maximum Gasteiger partial charge on any atom is 0.138 e. The van der Waals surface area contributed by atoms with Crippen LogP contribution in [0.3, 0.4) is 0 Å². The molecule has 0 aliphatic heterocycles. The van der Waals surface area contributed by atoms with Gasteiger partial charge in [-0.15, -0.1) is 0 Å². The van der Waals surface area contributed by atoms with E-state index in [0.717, 1.165) is 11.6 Å². The van der Waals surface area contributed by atoms with Gasteiger partial charge in [-0.2, -0.15) is 5.10 Å². The second kappa shape index (κ2) is 5.28. The lowest BCUT2D eigenvalue weighted by Gasteiger charge is -2.16. The van der Waals surface area contributed by atoms with E-state index in [-0.39, 0.29) is 12.1 Å². The van der Waals surface area contributed by atoms with Crippen molar-refractivity contribution in [2.75, 3.05) is 0 Å². The molecule has 1 atom stereocenters. The van der Waals surface area contributed by atoms with E-state index in [1.54, 1.807) is 12.5 Å². The summed E-state index contributed by atoms with van der Waals surface area (Å²) in [6.07, 6.45) is 5.88. The van der Waals surface area contributed by atoms with Crippen molar-refractivity contribution in [2.24, 2.45) is 12.9 Å². The number of rotatable bonds is 5. The van der Waals surface area contributed by atoms with Crippen molar-refractivity contribution in [3.8, 4) is 0 Å². The summed E-state index contributed by atoms with van der Waals surface area (Å²) >= 11 is 0. The molecule has 2 aromatic heterocycles. The molecule has 2 aromatic rings. The minimum atomic E-state index is -0.0771. The number of aromatic nitrogens is 5. The summed E-state index contributed by atoms with van der Waals surface area (Å²) < 4.78 is 3.84. The van der Waals surface area contributed by atoms with E-state index in [9.17, 15) is 0 Å². The molecule has 1 unspecified atom stereocenters. The summed E-state index contributed by atoms with van der Waals surface area (Å²) in [6.45, 7) is 4.15. The van der Waals surface area contributed by atoms with Gasteiger partial charge in [0.25, 0.3) is 0 Å². The number of nitrogens with one attached hydrogen (secondary N) is 1. The Kier molecular flexibility index (Phi) is 3.73. The molecule has 0 aliphatic carbocycles. The molecule has 3 N–H and O–H groups in total. The van der Waals surface area contributed by atoms with Crippen molar-refractivity contribution in [2.45, 2.75) is 32.4 Å². The molecular weight excluding hydrogens is 230 g/mol. The van der Waals surface area contributed by atoms with Crippen LogP contribution in [0.25, 0.3) is 0 Å². The Balaban J connectivity index is 2.21. The van der Waals surface area contributed by atoms with Crippen LogP contribution in [0.5, 0.6) is 0 Å². The summed E-state index contributed by atoms with van der Waals surface area (Å²) in [5, 5.41) is 4.22. The van der Waals surface area contributed by atoms with Gasteiger partial charge in [-0.1, -0.05) is 0 Å². The number of hydrogen-bond acceptors (Lipinski definition) is 5. The van der Waals surface area contributed by atoms with E-state index in [1.807, 2.05) is 22.5 Å². The van der Waals surface area contributed by atoms with E-state index < -0.39 is 0 Å². The fraction of sp³-hybridized carbons (Fsp3) is 0.545. The maximum atomic E-state index is 5.61. The van der Waals surface area contributed by atoms with Crippen molar-refractivity contribution in [3.63, 3.8) is 0 Å². The third-order valence-electron chi connectivity index (χ3n) is 2.89. The summed E-state index contributed by atoms with van der Waals surface area (Å²) in [7, 11) is 1.94.